The van der Waals surface area contributed by atoms with Crippen molar-refractivity contribution < 1.29 is 14.0 Å². The summed E-state index contributed by atoms with van der Waals surface area (Å²) in [6, 6.07) is 14.6. The van der Waals surface area contributed by atoms with E-state index >= 15 is 0 Å². The van der Waals surface area contributed by atoms with Gasteiger partial charge in [0.05, 0.1) is 18.4 Å². The van der Waals surface area contributed by atoms with Gasteiger partial charge in [0.2, 0.25) is 6.41 Å². The van der Waals surface area contributed by atoms with Crippen LogP contribution in [0.4, 0.5) is 15.8 Å². The number of aromatic nitrogens is 1. The highest BCUT2D eigenvalue weighted by atomic mass is 19.1. The zero-order valence-corrected chi connectivity index (χ0v) is 16.8. The van der Waals surface area contributed by atoms with E-state index in [1.165, 1.54) is 23.2 Å². The Morgan fingerprint density at radius 2 is 1.67 bits per heavy atom. The summed E-state index contributed by atoms with van der Waals surface area (Å²) >= 11 is 0. The third-order valence-corrected chi connectivity index (χ3v) is 4.68. The molecule has 1 amide bonds. The van der Waals surface area contributed by atoms with Gasteiger partial charge >= 0.3 is 0 Å². The molecule has 30 heavy (non-hydrogen) atoms. The number of carbonyl (C=O) groups excluding carboxylic acids is 2. The quantitative estimate of drug-likeness (QED) is 0.415. The summed E-state index contributed by atoms with van der Waals surface area (Å²) < 4.78 is 14.8. The first-order valence-corrected chi connectivity index (χ1v) is 9.37. The fourth-order valence-electron chi connectivity index (χ4n) is 3.02. The van der Waals surface area contributed by atoms with E-state index in [9.17, 15) is 14.0 Å². The molecule has 1 aromatic heterocycles. The maximum absolute atomic E-state index is 14.8. The standard InChI is InChI=1S/C24H22FN3O2/c1-27(2)22-9-7-19(8-10-22)20-5-6-21(24(25)13-20)16-28(17-30)23-12-18(4-3-11-29)14-26-15-23/h3-15,17H,16H2,1-2H3/b4-3+. The van der Waals surface area contributed by atoms with E-state index in [0.717, 1.165) is 16.8 Å². The summed E-state index contributed by atoms with van der Waals surface area (Å²) in [6.45, 7) is 0.0672. The van der Waals surface area contributed by atoms with Gasteiger partial charge in [-0.2, -0.15) is 0 Å². The van der Waals surface area contributed by atoms with Gasteiger partial charge in [-0.25, -0.2) is 4.39 Å². The maximum atomic E-state index is 14.8. The van der Waals surface area contributed by atoms with Crippen molar-refractivity contribution in [1.82, 2.24) is 4.98 Å². The first-order valence-electron chi connectivity index (χ1n) is 9.37. The SMILES string of the molecule is CN(C)c1ccc(-c2ccc(CN(C=O)c3cncc(/C=C/C=O)c3)c(F)c2)cc1. The van der Waals surface area contributed by atoms with Crippen molar-refractivity contribution in [3.05, 3.63) is 83.9 Å². The third kappa shape index (κ3) is 4.97. The Hall–Kier alpha value is -3.80. The largest absolute Gasteiger partial charge is 0.378 e. The van der Waals surface area contributed by atoms with E-state index in [4.69, 9.17) is 0 Å². The van der Waals surface area contributed by atoms with Crippen LogP contribution in [0.15, 0.2) is 67.0 Å². The lowest BCUT2D eigenvalue weighted by Gasteiger charge is -2.18. The van der Waals surface area contributed by atoms with Crippen LogP contribution in [0.5, 0.6) is 0 Å². The van der Waals surface area contributed by atoms with Crippen molar-refractivity contribution in [3.8, 4) is 11.1 Å². The molecular formula is C24H22FN3O2. The highest BCUT2D eigenvalue weighted by Gasteiger charge is 2.12. The zero-order chi connectivity index (χ0) is 21.5. The van der Waals surface area contributed by atoms with Gasteiger partial charge < -0.3 is 9.80 Å². The first-order chi connectivity index (χ1) is 14.5. The fourth-order valence-corrected chi connectivity index (χ4v) is 3.02. The molecule has 3 aromatic rings. The fraction of sp³-hybridized carbons (Fsp3) is 0.125. The van der Waals surface area contributed by atoms with Gasteiger partial charge in [-0.1, -0.05) is 30.3 Å². The molecule has 0 saturated heterocycles. The molecule has 5 nitrogen and oxygen atoms in total. The van der Waals surface area contributed by atoms with Gasteiger partial charge in [0.25, 0.3) is 0 Å². The Labute approximate surface area is 175 Å². The second-order valence-corrected chi connectivity index (χ2v) is 6.95. The molecule has 0 radical (unpaired) electrons. The minimum absolute atomic E-state index is 0.0672. The Balaban J connectivity index is 1.81. The zero-order valence-electron chi connectivity index (χ0n) is 16.8. The van der Waals surface area contributed by atoms with Crippen molar-refractivity contribution in [2.75, 3.05) is 23.9 Å². The van der Waals surface area contributed by atoms with Gasteiger partial charge in [0, 0.05) is 31.5 Å². The molecule has 3 rings (SSSR count). The monoisotopic (exact) mass is 403 g/mol. The number of nitrogens with zero attached hydrogens (tertiary/aromatic N) is 3. The lowest BCUT2D eigenvalue weighted by atomic mass is 10.0. The Bertz CT molecular complexity index is 1060. The summed E-state index contributed by atoms with van der Waals surface area (Å²) in [5.74, 6) is -0.388. The average Bonchev–Trinajstić information content (AvgIpc) is 2.77. The molecule has 0 spiro atoms. The van der Waals surface area contributed by atoms with Gasteiger partial charge in [-0.05, 0) is 47.0 Å². The smallest absolute Gasteiger partial charge is 0.214 e. The van der Waals surface area contributed by atoms with Gasteiger partial charge in [0.15, 0.2) is 0 Å². The van der Waals surface area contributed by atoms with Crippen LogP contribution < -0.4 is 9.80 Å². The third-order valence-electron chi connectivity index (χ3n) is 4.68. The minimum Gasteiger partial charge on any atom is -0.378 e. The van der Waals surface area contributed by atoms with Crippen LogP contribution in [-0.4, -0.2) is 31.8 Å². The molecule has 2 aromatic carbocycles. The van der Waals surface area contributed by atoms with E-state index in [0.29, 0.717) is 29.5 Å². The molecule has 0 aliphatic rings. The van der Waals surface area contributed by atoms with Crippen molar-refractivity contribution >= 4 is 30.1 Å². The van der Waals surface area contributed by atoms with Crippen LogP contribution in [0.3, 0.4) is 0 Å². The van der Waals surface area contributed by atoms with Gasteiger partial charge in [0.1, 0.15) is 12.1 Å². The molecule has 0 saturated carbocycles. The number of aldehydes is 1. The Morgan fingerprint density at radius 1 is 0.933 bits per heavy atom. The number of allylic oxidation sites excluding steroid dienone is 1. The number of pyridine rings is 1. The summed E-state index contributed by atoms with van der Waals surface area (Å²) in [4.78, 5) is 29.6. The number of amides is 1. The number of hydrogen-bond donors (Lipinski definition) is 0. The summed E-state index contributed by atoms with van der Waals surface area (Å²) in [6.07, 6.45) is 7.32. The lowest BCUT2D eigenvalue weighted by molar-refractivity contribution is -0.107. The lowest BCUT2D eigenvalue weighted by Crippen LogP contribution is -2.21. The van der Waals surface area contributed by atoms with Crippen LogP contribution in [0.1, 0.15) is 11.1 Å². The van der Waals surface area contributed by atoms with Crippen LogP contribution in [0.25, 0.3) is 17.2 Å². The van der Waals surface area contributed by atoms with E-state index in [-0.39, 0.29) is 12.4 Å². The maximum Gasteiger partial charge on any atom is 0.214 e. The molecule has 0 aliphatic carbocycles. The molecule has 0 bridgehead atoms. The summed E-state index contributed by atoms with van der Waals surface area (Å²) in [5.41, 5.74) is 4.32. The second kappa shape index (κ2) is 9.60. The number of rotatable bonds is 8. The van der Waals surface area contributed by atoms with Crippen molar-refractivity contribution in [1.29, 1.82) is 0 Å². The highest BCUT2D eigenvalue weighted by molar-refractivity contribution is 5.78. The van der Waals surface area contributed by atoms with Crippen molar-refractivity contribution in [2.24, 2.45) is 0 Å². The molecule has 0 N–H and O–H groups in total. The van der Waals surface area contributed by atoms with E-state index < -0.39 is 0 Å². The van der Waals surface area contributed by atoms with Gasteiger partial charge in [-0.15, -0.1) is 0 Å². The number of carbonyl (C=O) groups is 2. The normalized spacial score (nSPS) is 10.8. The van der Waals surface area contributed by atoms with E-state index in [1.54, 1.807) is 24.4 Å². The average molecular weight is 403 g/mol. The van der Waals surface area contributed by atoms with Crippen LogP contribution in [0.2, 0.25) is 0 Å². The van der Waals surface area contributed by atoms with Crippen molar-refractivity contribution in [3.63, 3.8) is 0 Å². The second-order valence-electron chi connectivity index (χ2n) is 6.95. The number of halogens is 1. The Kier molecular flexibility index (Phi) is 6.70. The molecule has 152 valence electrons. The predicted octanol–water partition coefficient (Wildman–Crippen LogP) is 4.33. The predicted molar refractivity (Wildman–Crippen MR) is 118 cm³/mol. The van der Waals surface area contributed by atoms with Crippen molar-refractivity contribution in [2.45, 2.75) is 6.54 Å². The molecule has 0 aliphatic heterocycles. The number of benzene rings is 2. The van der Waals surface area contributed by atoms with Crippen LogP contribution >= 0.6 is 0 Å². The molecule has 0 unspecified atom stereocenters. The minimum atomic E-state index is -0.388. The van der Waals surface area contributed by atoms with Gasteiger partial charge in [-0.3, -0.25) is 14.6 Å². The highest BCUT2D eigenvalue weighted by Crippen LogP contribution is 2.26. The van der Waals surface area contributed by atoms with Crippen LogP contribution in [0, 0.1) is 5.82 Å². The molecule has 1 heterocycles. The van der Waals surface area contributed by atoms with E-state index in [2.05, 4.69) is 4.98 Å². The molecular weight excluding hydrogens is 381 g/mol. The Morgan fingerprint density at radius 3 is 2.30 bits per heavy atom. The van der Waals surface area contributed by atoms with Crippen LogP contribution in [-0.2, 0) is 16.1 Å². The first kappa shape index (κ1) is 20.9. The molecule has 0 atom stereocenters. The summed E-state index contributed by atoms with van der Waals surface area (Å²) in [5, 5.41) is 0. The number of anilines is 2. The van der Waals surface area contributed by atoms with E-state index in [1.807, 2.05) is 49.3 Å². The molecule has 0 fully saturated rings. The number of hydrogen-bond acceptors (Lipinski definition) is 4. The topological polar surface area (TPSA) is 53.5 Å². The summed E-state index contributed by atoms with van der Waals surface area (Å²) in [7, 11) is 3.93. The molecule has 6 heteroatoms.